The average molecular weight is 325 g/mol. The maximum Gasteiger partial charge on any atom is 0.416 e. The molecule has 1 aromatic rings. The Morgan fingerprint density at radius 2 is 1.95 bits per heavy atom. The fourth-order valence-electron chi connectivity index (χ4n) is 1.81. The molecule has 0 aliphatic carbocycles. The number of hydrogen-bond donors (Lipinski definition) is 3. The highest BCUT2D eigenvalue weighted by molar-refractivity contribution is 5.70. The summed E-state index contributed by atoms with van der Waals surface area (Å²) in [5, 5.41) is 19.4. The van der Waals surface area contributed by atoms with Crippen LogP contribution in [0.5, 0.6) is 0 Å². The summed E-state index contributed by atoms with van der Waals surface area (Å²) in [6.07, 6.45) is -9.67. The molecule has 4 N–H and O–H groups in total. The van der Waals surface area contributed by atoms with Crippen molar-refractivity contribution in [1.29, 1.82) is 0 Å². The Kier molecular flexibility index (Phi) is 5.72. The number of benzene rings is 1. The van der Waals surface area contributed by atoms with Gasteiger partial charge in [0.15, 0.2) is 0 Å². The number of alkyl halides is 3. The minimum Gasteiger partial charge on any atom is -0.466 e. The summed E-state index contributed by atoms with van der Waals surface area (Å²) < 4.78 is 56.6. The van der Waals surface area contributed by atoms with Gasteiger partial charge in [0, 0.05) is 0 Å². The fraction of sp³-hybridized carbons (Fsp3) is 0.462. The number of anilines is 1. The third kappa shape index (κ3) is 4.31. The Morgan fingerprint density at radius 1 is 1.36 bits per heavy atom. The number of esters is 1. The van der Waals surface area contributed by atoms with Crippen molar-refractivity contribution >= 4 is 11.7 Å². The van der Waals surface area contributed by atoms with Crippen molar-refractivity contribution in [3.05, 3.63) is 29.1 Å². The number of nitrogens with two attached hydrogens (primary N) is 1. The molecule has 0 bridgehead atoms. The molecular formula is C13H15F4NO4. The van der Waals surface area contributed by atoms with Crippen molar-refractivity contribution in [3.8, 4) is 0 Å². The van der Waals surface area contributed by atoms with Gasteiger partial charge < -0.3 is 20.7 Å². The van der Waals surface area contributed by atoms with Crippen LogP contribution in [0.4, 0.5) is 23.2 Å². The average Bonchev–Trinajstić information content (AvgIpc) is 2.39. The van der Waals surface area contributed by atoms with Crippen molar-refractivity contribution < 1.29 is 37.3 Å². The second-order valence-corrected chi connectivity index (χ2v) is 4.48. The second kappa shape index (κ2) is 6.93. The largest absolute Gasteiger partial charge is 0.466 e. The van der Waals surface area contributed by atoms with Crippen molar-refractivity contribution in [2.24, 2.45) is 0 Å². The van der Waals surface area contributed by atoms with Gasteiger partial charge in [-0.05, 0) is 24.6 Å². The highest BCUT2D eigenvalue weighted by Gasteiger charge is 2.37. The number of aliphatic hydroxyl groups excluding tert-OH is 2. The normalized spacial score (nSPS) is 14.5. The molecule has 0 saturated carbocycles. The summed E-state index contributed by atoms with van der Waals surface area (Å²) in [7, 11) is 0. The summed E-state index contributed by atoms with van der Waals surface area (Å²) in [6.45, 7) is 1.50. The summed E-state index contributed by atoms with van der Waals surface area (Å²) in [5.74, 6) is -2.08. The van der Waals surface area contributed by atoms with E-state index in [4.69, 9.17) is 5.73 Å². The van der Waals surface area contributed by atoms with Crippen molar-refractivity contribution in [3.63, 3.8) is 0 Å². The lowest BCUT2D eigenvalue weighted by molar-refractivity contribution is -0.147. The molecule has 2 unspecified atom stereocenters. The maximum absolute atomic E-state index is 13.4. The lowest BCUT2D eigenvalue weighted by Crippen LogP contribution is -2.25. The lowest BCUT2D eigenvalue weighted by atomic mass is 9.96. The molecule has 9 heteroatoms. The van der Waals surface area contributed by atoms with Gasteiger partial charge in [-0.25, -0.2) is 4.39 Å². The fourth-order valence-corrected chi connectivity index (χ4v) is 1.81. The van der Waals surface area contributed by atoms with Gasteiger partial charge in [0.1, 0.15) is 11.9 Å². The minimum absolute atomic E-state index is 0.00590. The molecule has 0 radical (unpaired) electrons. The number of halogens is 4. The molecule has 5 nitrogen and oxygen atoms in total. The molecular weight excluding hydrogens is 310 g/mol. The number of rotatable bonds is 5. The quantitative estimate of drug-likeness (QED) is 0.436. The number of hydrogen-bond acceptors (Lipinski definition) is 5. The highest BCUT2D eigenvalue weighted by Crippen LogP contribution is 2.38. The molecule has 0 fully saturated rings. The van der Waals surface area contributed by atoms with Gasteiger partial charge in [0.25, 0.3) is 0 Å². The number of carbonyl (C=O) groups is 1. The van der Waals surface area contributed by atoms with E-state index in [0.717, 1.165) is 0 Å². The Bertz CT molecular complexity index is 548. The van der Waals surface area contributed by atoms with Crippen molar-refractivity contribution in [1.82, 2.24) is 0 Å². The van der Waals surface area contributed by atoms with Crippen molar-refractivity contribution in [2.75, 3.05) is 12.3 Å². The lowest BCUT2D eigenvalue weighted by Gasteiger charge is -2.22. The molecule has 0 heterocycles. The predicted molar refractivity (Wildman–Crippen MR) is 68.0 cm³/mol. The molecule has 0 aliphatic rings. The van der Waals surface area contributed by atoms with E-state index in [0.29, 0.717) is 12.1 Å². The summed E-state index contributed by atoms with van der Waals surface area (Å²) in [6, 6.07) is 0.710. The van der Waals surface area contributed by atoms with Crippen LogP contribution in [0, 0.1) is 5.82 Å². The highest BCUT2D eigenvalue weighted by atomic mass is 19.4. The molecule has 0 amide bonds. The number of aliphatic hydroxyl groups is 2. The molecule has 1 aromatic carbocycles. The smallest absolute Gasteiger partial charge is 0.416 e. The van der Waals surface area contributed by atoms with E-state index >= 15 is 0 Å². The third-order valence-electron chi connectivity index (χ3n) is 2.84. The molecule has 124 valence electrons. The van der Waals surface area contributed by atoms with E-state index < -0.39 is 53.4 Å². The Labute approximate surface area is 123 Å². The first-order valence-electron chi connectivity index (χ1n) is 6.25. The monoisotopic (exact) mass is 325 g/mol. The van der Waals surface area contributed by atoms with Gasteiger partial charge in [0.05, 0.1) is 30.4 Å². The first kappa shape index (κ1) is 18.2. The van der Waals surface area contributed by atoms with E-state index in [1.807, 2.05) is 0 Å². The molecule has 0 aliphatic heterocycles. The summed E-state index contributed by atoms with van der Waals surface area (Å²) in [4.78, 5) is 11.2. The van der Waals surface area contributed by atoms with Gasteiger partial charge in [-0.15, -0.1) is 0 Å². The minimum atomic E-state index is -4.91. The Balaban J connectivity index is 3.13. The Hall–Kier alpha value is -1.87. The topological polar surface area (TPSA) is 92.8 Å². The van der Waals surface area contributed by atoms with Crippen LogP contribution in [-0.4, -0.2) is 28.9 Å². The van der Waals surface area contributed by atoms with Gasteiger partial charge in [-0.3, -0.25) is 4.79 Å². The molecule has 0 aromatic heterocycles. The number of ether oxygens (including phenoxy) is 1. The van der Waals surface area contributed by atoms with Crippen LogP contribution >= 0.6 is 0 Å². The first-order chi connectivity index (χ1) is 10.1. The summed E-state index contributed by atoms with van der Waals surface area (Å²) in [5.41, 5.74) is 2.05. The van der Waals surface area contributed by atoms with Gasteiger partial charge in [-0.2, -0.15) is 13.2 Å². The van der Waals surface area contributed by atoms with E-state index in [-0.39, 0.29) is 6.61 Å². The van der Waals surface area contributed by atoms with E-state index in [2.05, 4.69) is 4.74 Å². The third-order valence-corrected chi connectivity index (χ3v) is 2.84. The zero-order chi connectivity index (χ0) is 17.1. The number of carbonyl (C=O) groups excluding carboxylic acids is 1. The maximum atomic E-state index is 13.4. The van der Waals surface area contributed by atoms with Crippen LogP contribution in [0.1, 0.15) is 30.6 Å². The molecule has 0 saturated heterocycles. The van der Waals surface area contributed by atoms with Crippen LogP contribution in [-0.2, 0) is 15.7 Å². The molecule has 22 heavy (non-hydrogen) atoms. The first-order valence-corrected chi connectivity index (χ1v) is 6.25. The SMILES string of the molecule is CCOC(=O)CC(O)C(O)c1cc(F)c(N)cc1C(F)(F)F. The molecule has 2 atom stereocenters. The zero-order valence-corrected chi connectivity index (χ0v) is 11.5. The predicted octanol–water partition coefficient (Wildman–Crippen LogP) is 1.77. The van der Waals surface area contributed by atoms with Crippen LogP contribution in [0.2, 0.25) is 0 Å². The summed E-state index contributed by atoms with van der Waals surface area (Å²) >= 11 is 0. The molecule has 1 rings (SSSR count). The standard InChI is InChI=1S/C13H15F4NO4/c1-2-22-11(20)5-10(19)12(21)6-3-8(14)9(18)4-7(6)13(15,16)17/h3-4,10,12,19,21H,2,5,18H2,1H3. The van der Waals surface area contributed by atoms with Crippen LogP contribution in [0.15, 0.2) is 12.1 Å². The van der Waals surface area contributed by atoms with Crippen LogP contribution in [0.3, 0.4) is 0 Å². The van der Waals surface area contributed by atoms with Gasteiger partial charge in [-0.1, -0.05) is 0 Å². The van der Waals surface area contributed by atoms with Crippen LogP contribution in [0.25, 0.3) is 0 Å². The van der Waals surface area contributed by atoms with Crippen LogP contribution < -0.4 is 5.73 Å². The Morgan fingerprint density at radius 3 is 2.45 bits per heavy atom. The van der Waals surface area contributed by atoms with Crippen molar-refractivity contribution in [2.45, 2.75) is 31.7 Å². The van der Waals surface area contributed by atoms with E-state index in [1.54, 1.807) is 0 Å². The second-order valence-electron chi connectivity index (χ2n) is 4.48. The number of nitrogen functional groups attached to an aromatic ring is 1. The van der Waals surface area contributed by atoms with E-state index in [9.17, 15) is 32.6 Å². The van der Waals surface area contributed by atoms with Gasteiger partial charge >= 0.3 is 12.1 Å². The van der Waals surface area contributed by atoms with Gasteiger partial charge in [0.2, 0.25) is 0 Å². The zero-order valence-electron chi connectivity index (χ0n) is 11.5. The molecule has 0 spiro atoms. The van der Waals surface area contributed by atoms with E-state index in [1.165, 1.54) is 6.92 Å².